The molecule has 6 nitrogen and oxygen atoms in total. The van der Waals surface area contributed by atoms with Gasteiger partial charge in [0, 0.05) is 11.1 Å². The molecule has 0 unspecified atom stereocenters. The molecule has 0 heterocycles. The quantitative estimate of drug-likeness (QED) is 0.454. The molecule has 0 bridgehead atoms. The number of hydrogen-bond donors (Lipinski definition) is 4. The molecule has 0 aromatic carbocycles. The highest BCUT2D eigenvalue weighted by atomic mass is 16.4. The lowest BCUT2D eigenvalue weighted by Gasteiger charge is -1.84. The molecule has 0 atom stereocenters. The van der Waals surface area contributed by atoms with E-state index in [2.05, 4.69) is 13.2 Å². The average molecular weight is 260 g/mol. The average Bonchev–Trinajstić information content (AvgIpc) is 2.29. The fourth-order valence-corrected chi connectivity index (χ4v) is 0.0913. The molecule has 0 rings (SSSR count). The summed E-state index contributed by atoms with van der Waals surface area (Å²) in [6.45, 7) is 10.6. The first-order valence-corrected chi connectivity index (χ1v) is 4.82. The Kier molecular flexibility index (Phi) is 15.3. The standard InChI is InChI=1S/2C4H6O2.C4H8O2/c2*1-3(2)4(5)6;1-2-4(6)3-5/h2*1H2,2H3,(H,5,6);2,5-6H,3H2,1H3. The molecule has 0 aliphatic rings. The third-order valence-electron chi connectivity index (χ3n) is 1.23. The van der Waals surface area contributed by atoms with Crippen LogP contribution in [-0.2, 0) is 9.59 Å². The molecule has 0 saturated carbocycles. The Labute approximate surface area is 106 Å². The van der Waals surface area contributed by atoms with Crippen LogP contribution in [0.15, 0.2) is 36.1 Å². The number of aliphatic carboxylic acids is 2. The highest BCUT2D eigenvalue weighted by Gasteiger charge is 1.90. The second-order valence-electron chi connectivity index (χ2n) is 3.11. The van der Waals surface area contributed by atoms with Gasteiger partial charge in [-0.25, -0.2) is 9.59 Å². The van der Waals surface area contributed by atoms with E-state index in [0.29, 0.717) is 0 Å². The largest absolute Gasteiger partial charge is 0.510 e. The summed E-state index contributed by atoms with van der Waals surface area (Å²) in [6.07, 6.45) is 1.44. The van der Waals surface area contributed by atoms with Gasteiger partial charge in [0.05, 0.1) is 6.61 Å². The van der Waals surface area contributed by atoms with Gasteiger partial charge in [-0.1, -0.05) is 13.2 Å². The van der Waals surface area contributed by atoms with Gasteiger partial charge in [-0.2, -0.15) is 0 Å². The fraction of sp³-hybridized carbons (Fsp3) is 0.333. The van der Waals surface area contributed by atoms with E-state index >= 15 is 0 Å². The molecule has 0 amide bonds. The molecular formula is C12H20O6. The zero-order chi connectivity index (χ0) is 15.3. The van der Waals surface area contributed by atoms with Crippen LogP contribution in [0, 0.1) is 0 Å². The van der Waals surface area contributed by atoms with Gasteiger partial charge in [-0.3, -0.25) is 0 Å². The van der Waals surface area contributed by atoms with Crippen LogP contribution in [0.5, 0.6) is 0 Å². The van der Waals surface area contributed by atoms with Crippen molar-refractivity contribution in [1.29, 1.82) is 0 Å². The molecule has 0 aromatic rings. The molecule has 4 N–H and O–H groups in total. The monoisotopic (exact) mass is 260 g/mol. The van der Waals surface area contributed by atoms with Crippen molar-refractivity contribution in [2.24, 2.45) is 0 Å². The molecule has 18 heavy (non-hydrogen) atoms. The maximum absolute atomic E-state index is 9.60. The second kappa shape index (κ2) is 13.0. The summed E-state index contributed by atoms with van der Waals surface area (Å²) in [5, 5.41) is 32.1. The van der Waals surface area contributed by atoms with Crippen LogP contribution < -0.4 is 0 Å². The van der Waals surface area contributed by atoms with Crippen LogP contribution in [0.3, 0.4) is 0 Å². The van der Waals surface area contributed by atoms with Crippen molar-refractivity contribution in [3.05, 3.63) is 36.1 Å². The number of carboxylic acid groups (broad SMARTS) is 2. The van der Waals surface area contributed by atoms with Crippen molar-refractivity contribution in [2.45, 2.75) is 20.8 Å². The van der Waals surface area contributed by atoms with Gasteiger partial charge in [-0.15, -0.1) is 0 Å². The first-order valence-electron chi connectivity index (χ1n) is 4.82. The number of carboxylic acids is 2. The summed E-state index contributed by atoms with van der Waals surface area (Å²) in [5.41, 5.74) is 0.352. The number of rotatable bonds is 3. The Hall–Kier alpha value is -2.08. The number of allylic oxidation sites excluding steroid dienone is 1. The lowest BCUT2D eigenvalue weighted by molar-refractivity contribution is -0.133. The minimum atomic E-state index is -0.935. The van der Waals surface area contributed by atoms with E-state index in [1.54, 1.807) is 6.92 Å². The van der Waals surface area contributed by atoms with E-state index in [0.717, 1.165) is 0 Å². The van der Waals surface area contributed by atoms with E-state index < -0.39 is 11.9 Å². The van der Waals surface area contributed by atoms with Crippen LogP contribution in [-0.4, -0.2) is 39.0 Å². The Morgan fingerprint density at radius 1 is 1.00 bits per heavy atom. The molecular weight excluding hydrogens is 240 g/mol. The molecule has 0 aromatic heterocycles. The summed E-state index contributed by atoms with van der Waals surface area (Å²) in [4.78, 5) is 19.2. The molecule has 6 heteroatoms. The van der Waals surface area contributed by atoms with Gasteiger partial charge in [-0.05, 0) is 26.8 Å². The Bertz CT molecular complexity index is 279. The lowest BCUT2D eigenvalue weighted by Crippen LogP contribution is -1.92. The highest BCUT2D eigenvalue weighted by Crippen LogP contribution is 1.81. The van der Waals surface area contributed by atoms with E-state index in [-0.39, 0.29) is 23.5 Å². The highest BCUT2D eigenvalue weighted by molar-refractivity contribution is 5.85. The van der Waals surface area contributed by atoms with Gasteiger partial charge >= 0.3 is 11.9 Å². The second-order valence-corrected chi connectivity index (χ2v) is 3.11. The maximum atomic E-state index is 9.60. The Morgan fingerprint density at radius 2 is 1.22 bits per heavy atom. The lowest BCUT2D eigenvalue weighted by atomic mass is 10.4. The molecule has 0 aliphatic carbocycles. The third kappa shape index (κ3) is 23.6. The molecule has 0 aliphatic heterocycles. The predicted octanol–water partition coefficient (Wildman–Crippen LogP) is 1.73. The summed E-state index contributed by atoms with van der Waals surface area (Å²) < 4.78 is 0. The van der Waals surface area contributed by atoms with Crippen LogP contribution in [0.2, 0.25) is 0 Å². The van der Waals surface area contributed by atoms with Crippen LogP contribution in [0.4, 0.5) is 0 Å². The molecule has 104 valence electrons. The molecule has 0 radical (unpaired) electrons. The maximum Gasteiger partial charge on any atom is 0.330 e. The summed E-state index contributed by atoms with van der Waals surface area (Å²) >= 11 is 0. The number of aliphatic hydroxyl groups is 2. The summed E-state index contributed by atoms with van der Waals surface area (Å²) in [5.74, 6) is -1.85. The van der Waals surface area contributed by atoms with Gasteiger partial charge in [0.15, 0.2) is 0 Å². The SMILES string of the molecule is C=C(C)C(=O)O.C=C(C)C(=O)O.CC=C(O)CO. The van der Waals surface area contributed by atoms with Gasteiger partial charge in [0.1, 0.15) is 5.76 Å². The number of aliphatic hydroxyl groups excluding tert-OH is 2. The first-order chi connectivity index (χ1) is 8.09. The molecule has 0 fully saturated rings. The van der Waals surface area contributed by atoms with Crippen molar-refractivity contribution in [3.8, 4) is 0 Å². The van der Waals surface area contributed by atoms with E-state index in [1.807, 2.05) is 0 Å². The Morgan fingerprint density at radius 3 is 1.22 bits per heavy atom. The zero-order valence-corrected chi connectivity index (χ0v) is 10.8. The minimum absolute atomic E-state index is 0.0231. The van der Waals surface area contributed by atoms with Gasteiger partial charge in [0.2, 0.25) is 0 Å². The molecule has 0 saturated heterocycles. The van der Waals surface area contributed by atoms with Crippen molar-refractivity contribution in [3.63, 3.8) is 0 Å². The van der Waals surface area contributed by atoms with Crippen molar-refractivity contribution < 1.29 is 30.0 Å². The topological polar surface area (TPSA) is 115 Å². The zero-order valence-electron chi connectivity index (χ0n) is 10.8. The Balaban J connectivity index is -0.000000187. The minimum Gasteiger partial charge on any atom is -0.510 e. The van der Waals surface area contributed by atoms with Crippen LogP contribution >= 0.6 is 0 Å². The number of hydrogen-bond acceptors (Lipinski definition) is 4. The van der Waals surface area contributed by atoms with E-state index in [1.165, 1.54) is 19.9 Å². The predicted molar refractivity (Wildman–Crippen MR) is 68.4 cm³/mol. The van der Waals surface area contributed by atoms with Gasteiger partial charge in [0.25, 0.3) is 0 Å². The van der Waals surface area contributed by atoms with Crippen LogP contribution in [0.1, 0.15) is 20.8 Å². The smallest absolute Gasteiger partial charge is 0.330 e. The van der Waals surface area contributed by atoms with Crippen molar-refractivity contribution in [2.75, 3.05) is 6.61 Å². The normalized spacial score (nSPS) is 9.00. The fourth-order valence-electron chi connectivity index (χ4n) is 0.0913. The van der Waals surface area contributed by atoms with E-state index in [4.69, 9.17) is 20.4 Å². The summed E-state index contributed by atoms with van der Waals surface area (Å²) in [6, 6.07) is 0. The van der Waals surface area contributed by atoms with E-state index in [9.17, 15) is 9.59 Å². The number of carbonyl (C=O) groups is 2. The van der Waals surface area contributed by atoms with Crippen molar-refractivity contribution in [1.82, 2.24) is 0 Å². The molecule has 0 spiro atoms. The summed E-state index contributed by atoms with van der Waals surface area (Å²) in [7, 11) is 0. The van der Waals surface area contributed by atoms with Crippen LogP contribution in [0.25, 0.3) is 0 Å². The van der Waals surface area contributed by atoms with Gasteiger partial charge < -0.3 is 20.4 Å². The van der Waals surface area contributed by atoms with Crippen molar-refractivity contribution >= 4 is 11.9 Å². The third-order valence-corrected chi connectivity index (χ3v) is 1.23. The first kappa shape index (κ1) is 21.2.